The van der Waals surface area contributed by atoms with Gasteiger partial charge in [-0.3, -0.25) is 0 Å². The standard InChI is InChI=1S/C72H46BN5O/c1-6-23-47(24-7-1)74(48-25-8-2-9-26-48)53-42-44-58-65(46-53)79-64-40-22-39-62-69(64)73(58)57-43-41-52(45-63(57)75(62)49-27-10-3-11-28-49)78-61-38-21-18-35-56(61)68-71-66(54-33-16-19-36-59(54)76(71)50-29-12-4-13-30-50)70-67(72(68)78)55-34-17-20-37-60(55)77(70)51-31-14-5-15-32-51/h1-46H. The summed E-state index contributed by atoms with van der Waals surface area (Å²) in [6.07, 6.45) is 0. The Hall–Kier alpha value is -10.5. The lowest BCUT2D eigenvalue weighted by Gasteiger charge is -2.40. The molecule has 7 heteroatoms. The van der Waals surface area contributed by atoms with Crippen molar-refractivity contribution in [3.05, 3.63) is 279 Å². The zero-order valence-corrected chi connectivity index (χ0v) is 42.8. The Labute approximate surface area is 456 Å². The molecular weight excluding hydrogens is 962 g/mol. The molecule has 368 valence electrons. The van der Waals surface area contributed by atoms with Crippen LogP contribution in [0.15, 0.2) is 279 Å². The van der Waals surface area contributed by atoms with E-state index in [1.165, 1.54) is 65.3 Å². The summed E-state index contributed by atoms with van der Waals surface area (Å²) in [6.45, 7) is -0.107. The first kappa shape index (κ1) is 43.7. The van der Waals surface area contributed by atoms with Crippen molar-refractivity contribution in [3.8, 4) is 28.6 Å². The van der Waals surface area contributed by atoms with Gasteiger partial charge in [-0.15, -0.1) is 0 Å². The third-order valence-electron chi connectivity index (χ3n) is 16.6. The molecule has 0 fully saturated rings. The molecule has 0 N–H and O–H groups in total. The number of ether oxygens (including phenoxy) is 1. The lowest BCUT2D eigenvalue weighted by atomic mass is 9.34. The van der Waals surface area contributed by atoms with Crippen molar-refractivity contribution in [2.75, 3.05) is 9.80 Å². The molecule has 0 saturated heterocycles. The van der Waals surface area contributed by atoms with E-state index in [9.17, 15) is 0 Å². The molecular formula is C72H46BN5O. The van der Waals surface area contributed by atoms with Crippen LogP contribution in [0.3, 0.4) is 0 Å². The average Bonchev–Trinajstić information content (AvgIpc) is 2.62. The van der Waals surface area contributed by atoms with E-state index < -0.39 is 0 Å². The van der Waals surface area contributed by atoms with Gasteiger partial charge in [-0.05, 0) is 126 Å². The summed E-state index contributed by atoms with van der Waals surface area (Å²) < 4.78 is 14.7. The summed E-state index contributed by atoms with van der Waals surface area (Å²) in [5.41, 5.74) is 20.3. The summed E-state index contributed by atoms with van der Waals surface area (Å²) >= 11 is 0. The fourth-order valence-electron chi connectivity index (χ4n) is 13.5. The van der Waals surface area contributed by atoms with Gasteiger partial charge >= 0.3 is 0 Å². The highest BCUT2D eigenvalue weighted by Crippen LogP contribution is 2.51. The van der Waals surface area contributed by atoms with E-state index in [1.54, 1.807) is 0 Å². The number of rotatable bonds is 7. The molecule has 79 heavy (non-hydrogen) atoms. The van der Waals surface area contributed by atoms with E-state index in [0.29, 0.717) is 0 Å². The minimum Gasteiger partial charge on any atom is -0.458 e. The normalized spacial score (nSPS) is 12.6. The molecule has 0 amide bonds. The third-order valence-corrected chi connectivity index (χ3v) is 16.6. The lowest BCUT2D eigenvalue weighted by Crippen LogP contribution is -2.59. The molecule has 0 unspecified atom stereocenters. The SMILES string of the molecule is c1ccc(N(c2ccccc2)c2ccc3c(c2)Oc2cccc4c2B3c2ccc(-n3c5ccccc5c5c6c(c7ccccc7n6-c6ccccc6)c6c(c7ccccc7n6-c6ccccc6)c53)cc2N4c2ccccc2)cc1. The third kappa shape index (κ3) is 6.30. The Balaban J connectivity index is 0.979. The highest BCUT2D eigenvalue weighted by Gasteiger charge is 2.42. The number of benzene rings is 12. The van der Waals surface area contributed by atoms with Crippen LogP contribution >= 0.6 is 0 Å². The predicted octanol–water partition coefficient (Wildman–Crippen LogP) is 16.9. The molecule has 2 aliphatic heterocycles. The quantitative estimate of drug-likeness (QED) is 0.149. The second kappa shape index (κ2) is 17.0. The Kier molecular flexibility index (Phi) is 9.41. The van der Waals surface area contributed by atoms with Crippen molar-refractivity contribution in [3.63, 3.8) is 0 Å². The molecule has 6 nitrogen and oxygen atoms in total. The number of anilines is 6. The van der Waals surface area contributed by atoms with Gasteiger partial charge in [0.05, 0.1) is 33.1 Å². The van der Waals surface area contributed by atoms with Gasteiger partial charge in [0.15, 0.2) is 0 Å². The van der Waals surface area contributed by atoms with E-state index in [4.69, 9.17) is 4.74 Å². The van der Waals surface area contributed by atoms with Crippen LogP contribution in [0.1, 0.15) is 0 Å². The van der Waals surface area contributed by atoms with Crippen LogP contribution < -0.4 is 30.9 Å². The summed E-state index contributed by atoms with van der Waals surface area (Å²) in [5.74, 6) is 1.72. The first-order valence-electron chi connectivity index (χ1n) is 27.1. The molecule has 0 atom stereocenters. The zero-order valence-electron chi connectivity index (χ0n) is 42.8. The zero-order chi connectivity index (χ0) is 51.7. The van der Waals surface area contributed by atoms with Crippen molar-refractivity contribution >= 4 is 123 Å². The van der Waals surface area contributed by atoms with E-state index in [-0.39, 0.29) is 6.71 Å². The van der Waals surface area contributed by atoms with Gasteiger partial charge in [-0.2, -0.15) is 0 Å². The average molecular weight is 1010 g/mol. The highest BCUT2D eigenvalue weighted by molar-refractivity contribution is 6.99. The molecule has 3 aromatic heterocycles. The van der Waals surface area contributed by atoms with Crippen LogP contribution in [0.25, 0.3) is 82.5 Å². The van der Waals surface area contributed by atoms with Gasteiger partial charge in [-0.1, -0.05) is 164 Å². The van der Waals surface area contributed by atoms with Crippen LogP contribution in [-0.4, -0.2) is 20.4 Å². The number of nitrogens with zero attached hydrogens (tertiary/aromatic N) is 5. The van der Waals surface area contributed by atoms with E-state index in [2.05, 4.69) is 303 Å². The van der Waals surface area contributed by atoms with Crippen LogP contribution in [-0.2, 0) is 0 Å². The van der Waals surface area contributed by atoms with Crippen LogP contribution in [0.4, 0.5) is 34.1 Å². The van der Waals surface area contributed by atoms with Crippen LogP contribution in [0.5, 0.6) is 11.5 Å². The monoisotopic (exact) mass is 1010 g/mol. The largest absolute Gasteiger partial charge is 0.458 e. The number of para-hydroxylation sites is 8. The predicted molar refractivity (Wildman–Crippen MR) is 330 cm³/mol. The Morgan fingerprint density at radius 2 is 0.747 bits per heavy atom. The minimum absolute atomic E-state index is 0.107. The molecule has 0 bridgehead atoms. The number of fused-ring (bicyclic) bond motifs is 16. The van der Waals surface area contributed by atoms with Gasteiger partial charge in [0.25, 0.3) is 6.71 Å². The van der Waals surface area contributed by atoms with Gasteiger partial charge in [0, 0.05) is 89.6 Å². The number of hydrogen-bond acceptors (Lipinski definition) is 3. The summed E-state index contributed by atoms with van der Waals surface area (Å²) in [5, 5.41) is 7.28. The van der Waals surface area contributed by atoms with Crippen LogP contribution in [0, 0.1) is 0 Å². The first-order valence-corrected chi connectivity index (χ1v) is 27.1. The second-order valence-electron chi connectivity index (χ2n) is 20.8. The van der Waals surface area contributed by atoms with E-state index >= 15 is 0 Å². The Bertz CT molecular complexity index is 4820. The maximum Gasteiger partial charge on any atom is 0.256 e. The lowest BCUT2D eigenvalue weighted by molar-refractivity contribution is 0.487. The molecule has 2 aliphatic rings. The number of hydrogen-bond donors (Lipinski definition) is 0. The first-order chi connectivity index (χ1) is 39.3. The molecule has 15 aromatic rings. The molecule has 17 rings (SSSR count). The molecule has 0 radical (unpaired) electrons. The molecule has 0 spiro atoms. The van der Waals surface area contributed by atoms with Crippen molar-refractivity contribution in [1.82, 2.24) is 13.7 Å². The van der Waals surface area contributed by atoms with E-state index in [0.717, 1.165) is 79.2 Å². The fraction of sp³-hybridized carbons (Fsp3) is 0. The summed E-state index contributed by atoms with van der Waals surface area (Å²) in [7, 11) is 0. The molecule has 0 aliphatic carbocycles. The second-order valence-corrected chi connectivity index (χ2v) is 20.8. The van der Waals surface area contributed by atoms with Crippen molar-refractivity contribution in [1.29, 1.82) is 0 Å². The molecule has 0 saturated carbocycles. The van der Waals surface area contributed by atoms with Crippen molar-refractivity contribution < 1.29 is 4.74 Å². The van der Waals surface area contributed by atoms with Gasteiger partial charge in [-0.25, -0.2) is 0 Å². The maximum atomic E-state index is 7.11. The summed E-state index contributed by atoms with van der Waals surface area (Å²) in [6, 6.07) is 101. The number of aromatic nitrogens is 3. The summed E-state index contributed by atoms with van der Waals surface area (Å²) in [4.78, 5) is 4.76. The highest BCUT2D eigenvalue weighted by atomic mass is 16.5. The van der Waals surface area contributed by atoms with Gasteiger partial charge in [0.1, 0.15) is 11.5 Å². The van der Waals surface area contributed by atoms with E-state index in [1.807, 2.05) is 0 Å². The van der Waals surface area contributed by atoms with Crippen molar-refractivity contribution in [2.45, 2.75) is 0 Å². The fourth-order valence-corrected chi connectivity index (χ4v) is 13.5. The molecule has 12 aromatic carbocycles. The van der Waals surface area contributed by atoms with Gasteiger partial charge in [0.2, 0.25) is 0 Å². The topological polar surface area (TPSA) is 30.5 Å². The van der Waals surface area contributed by atoms with Crippen molar-refractivity contribution in [2.24, 2.45) is 0 Å². The smallest absolute Gasteiger partial charge is 0.256 e. The maximum absolute atomic E-state index is 7.11. The Morgan fingerprint density at radius 1 is 0.304 bits per heavy atom. The van der Waals surface area contributed by atoms with Gasteiger partial charge < -0.3 is 28.2 Å². The van der Waals surface area contributed by atoms with Crippen LogP contribution in [0.2, 0.25) is 0 Å². The minimum atomic E-state index is -0.107. The Morgan fingerprint density at radius 3 is 1.27 bits per heavy atom. The molecule has 5 heterocycles.